The van der Waals surface area contributed by atoms with Crippen molar-refractivity contribution in [3.63, 3.8) is 0 Å². The fraction of sp³-hybridized carbons (Fsp3) is 0.478. The molecule has 2 rings (SSSR count). The van der Waals surface area contributed by atoms with E-state index in [1.165, 1.54) is 12.0 Å². The topological polar surface area (TPSA) is 114 Å². The molecular weight excluding hydrogens is 414 g/mol. The standard InChI is InChI=1S/C23H29N3O6/c1-6-15-7-9-16(10-8-15)20(21(29)24-14-19(28)31-5)26(17-11-12-17)18(27)13-25-22(30)32-23(2,3)4/h1,7-10,17,20H,11-14H2,2-5H3,(H,24,29)(H,25,30). The molecular formula is C23H29N3O6. The molecule has 1 aliphatic rings. The molecule has 0 heterocycles. The second-order valence-electron chi connectivity index (χ2n) is 8.35. The first-order valence-corrected chi connectivity index (χ1v) is 10.2. The van der Waals surface area contributed by atoms with Gasteiger partial charge in [-0.2, -0.15) is 0 Å². The van der Waals surface area contributed by atoms with Crippen LogP contribution in [0, 0.1) is 12.3 Å². The van der Waals surface area contributed by atoms with E-state index in [0.29, 0.717) is 11.1 Å². The number of carbonyl (C=O) groups is 4. The molecule has 172 valence electrons. The first-order valence-electron chi connectivity index (χ1n) is 10.2. The third kappa shape index (κ3) is 7.30. The van der Waals surface area contributed by atoms with Crippen LogP contribution in [0.5, 0.6) is 0 Å². The van der Waals surface area contributed by atoms with Gasteiger partial charge in [0.1, 0.15) is 24.7 Å². The molecule has 1 aliphatic carbocycles. The fourth-order valence-electron chi connectivity index (χ4n) is 2.99. The molecule has 0 radical (unpaired) electrons. The maximum atomic E-state index is 13.1. The van der Waals surface area contributed by atoms with Gasteiger partial charge >= 0.3 is 12.1 Å². The van der Waals surface area contributed by atoms with Crippen molar-refractivity contribution in [2.45, 2.75) is 51.3 Å². The molecule has 0 aromatic heterocycles. The highest BCUT2D eigenvalue weighted by Crippen LogP contribution is 2.35. The summed E-state index contributed by atoms with van der Waals surface area (Å²) in [5.74, 6) is 0.903. The highest BCUT2D eigenvalue weighted by atomic mass is 16.6. The summed E-state index contributed by atoms with van der Waals surface area (Å²) in [7, 11) is 1.22. The molecule has 1 atom stereocenters. The number of methoxy groups -OCH3 is 1. The molecule has 1 aromatic carbocycles. The SMILES string of the molecule is C#Cc1ccc(C(C(=O)NCC(=O)OC)N(C(=O)CNC(=O)OC(C)(C)C)C2CC2)cc1. The van der Waals surface area contributed by atoms with Crippen LogP contribution in [-0.2, 0) is 23.9 Å². The number of nitrogens with one attached hydrogen (secondary N) is 2. The molecule has 1 unspecified atom stereocenters. The van der Waals surface area contributed by atoms with E-state index in [-0.39, 0.29) is 19.1 Å². The molecule has 1 aromatic rings. The summed E-state index contributed by atoms with van der Waals surface area (Å²) in [6.45, 7) is 4.47. The number of alkyl carbamates (subject to hydrolysis) is 1. The first kappa shape index (κ1) is 24.7. The zero-order chi connectivity index (χ0) is 23.9. The Labute approximate surface area is 187 Å². The van der Waals surface area contributed by atoms with E-state index in [0.717, 1.165) is 12.8 Å². The zero-order valence-corrected chi connectivity index (χ0v) is 18.8. The van der Waals surface area contributed by atoms with Gasteiger partial charge in [0.25, 0.3) is 0 Å². The highest BCUT2D eigenvalue weighted by molar-refractivity contribution is 5.92. The van der Waals surface area contributed by atoms with E-state index < -0.39 is 35.5 Å². The van der Waals surface area contributed by atoms with Gasteiger partial charge in [-0.3, -0.25) is 14.4 Å². The van der Waals surface area contributed by atoms with Crippen molar-refractivity contribution >= 4 is 23.9 Å². The van der Waals surface area contributed by atoms with Gasteiger partial charge in [-0.05, 0) is 51.3 Å². The lowest BCUT2D eigenvalue weighted by Crippen LogP contribution is -2.49. The molecule has 3 amide bonds. The fourth-order valence-corrected chi connectivity index (χ4v) is 2.99. The number of terminal acetylenes is 1. The summed E-state index contributed by atoms with van der Waals surface area (Å²) in [5.41, 5.74) is 0.445. The largest absolute Gasteiger partial charge is 0.468 e. The van der Waals surface area contributed by atoms with Crippen molar-refractivity contribution in [3.8, 4) is 12.3 Å². The Balaban J connectivity index is 2.25. The van der Waals surface area contributed by atoms with Crippen LogP contribution in [0.4, 0.5) is 4.79 Å². The Morgan fingerprint density at radius 3 is 2.25 bits per heavy atom. The maximum Gasteiger partial charge on any atom is 0.408 e. The summed E-state index contributed by atoms with van der Waals surface area (Å²) >= 11 is 0. The van der Waals surface area contributed by atoms with Crippen LogP contribution in [-0.4, -0.2) is 60.6 Å². The minimum Gasteiger partial charge on any atom is -0.468 e. The summed E-state index contributed by atoms with van der Waals surface area (Å²) in [5, 5.41) is 4.96. The number of benzene rings is 1. The second-order valence-corrected chi connectivity index (χ2v) is 8.35. The van der Waals surface area contributed by atoms with Crippen LogP contribution in [0.15, 0.2) is 24.3 Å². The average Bonchev–Trinajstić information content (AvgIpc) is 3.57. The third-order valence-electron chi connectivity index (χ3n) is 4.57. The molecule has 9 heteroatoms. The summed E-state index contributed by atoms with van der Waals surface area (Å²) in [6, 6.07) is 5.51. The van der Waals surface area contributed by atoms with E-state index in [1.807, 2.05) is 0 Å². The molecule has 9 nitrogen and oxygen atoms in total. The lowest BCUT2D eigenvalue weighted by molar-refractivity contribution is -0.144. The third-order valence-corrected chi connectivity index (χ3v) is 4.57. The average molecular weight is 444 g/mol. The molecule has 0 spiro atoms. The Morgan fingerprint density at radius 2 is 1.75 bits per heavy atom. The van der Waals surface area contributed by atoms with Crippen molar-refractivity contribution in [3.05, 3.63) is 35.4 Å². The van der Waals surface area contributed by atoms with Crippen molar-refractivity contribution in [2.24, 2.45) is 0 Å². The molecule has 0 bridgehead atoms. The molecule has 0 saturated heterocycles. The number of rotatable bonds is 8. The molecule has 1 fully saturated rings. The molecule has 1 saturated carbocycles. The number of amides is 3. The number of esters is 1. The molecule has 32 heavy (non-hydrogen) atoms. The molecule has 0 aliphatic heterocycles. The Kier molecular flexibility index (Phi) is 8.24. The lowest BCUT2D eigenvalue weighted by Gasteiger charge is -2.31. The van der Waals surface area contributed by atoms with Gasteiger partial charge in [0.15, 0.2) is 0 Å². The quantitative estimate of drug-likeness (QED) is 0.465. The van der Waals surface area contributed by atoms with Gasteiger partial charge in [-0.1, -0.05) is 18.1 Å². The van der Waals surface area contributed by atoms with Crippen LogP contribution >= 0.6 is 0 Å². The number of carbonyl (C=O) groups excluding carboxylic acids is 4. The number of hydrogen-bond acceptors (Lipinski definition) is 6. The second kappa shape index (κ2) is 10.7. The summed E-state index contributed by atoms with van der Waals surface area (Å²) in [6.07, 6.45) is 6.13. The monoisotopic (exact) mass is 443 g/mol. The lowest BCUT2D eigenvalue weighted by atomic mass is 10.0. The predicted molar refractivity (Wildman–Crippen MR) is 116 cm³/mol. The molecule has 2 N–H and O–H groups in total. The smallest absolute Gasteiger partial charge is 0.408 e. The minimum absolute atomic E-state index is 0.163. The van der Waals surface area contributed by atoms with Crippen molar-refractivity contribution in [1.29, 1.82) is 0 Å². The first-order chi connectivity index (χ1) is 15.1. The van der Waals surface area contributed by atoms with E-state index in [1.54, 1.807) is 45.0 Å². The van der Waals surface area contributed by atoms with Gasteiger partial charge in [0.05, 0.1) is 7.11 Å². The van der Waals surface area contributed by atoms with E-state index in [4.69, 9.17) is 11.2 Å². The Bertz CT molecular complexity index is 894. The van der Waals surface area contributed by atoms with Crippen LogP contribution in [0.25, 0.3) is 0 Å². The van der Waals surface area contributed by atoms with Crippen LogP contribution in [0.3, 0.4) is 0 Å². The predicted octanol–water partition coefficient (Wildman–Crippen LogP) is 1.51. The van der Waals surface area contributed by atoms with Crippen molar-refractivity contribution < 1.29 is 28.7 Å². The van der Waals surface area contributed by atoms with Gasteiger partial charge in [-0.25, -0.2) is 4.79 Å². The van der Waals surface area contributed by atoms with Crippen LogP contribution in [0.1, 0.15) is 50.8 Å². The van der Waals surface area contributed by atoms with E-state index in [9.17, 15) is 19.2 Å². The summed E-state index contributed by atoms with van der Waals surface area (Å²) < 4.78 is 9.74. The highest BCUT2D eigenvalue weighted by Gasteiger charge is 2.41. The zero-order valence-electron chi connectivity index (χ0n) is 18.8. The Morgan fingerprint density at radius 1 is 1.12 bits per heavy atom. The van der Waals surface area contributed by atoms with Gasteiger partial charge in [0, 0.05) is 11.6 Å². The van der Waals surface area contributed by atoms with Gasteiger partial charge in [0.2, 0.25) is 11.8 Å². The van der Waals surface area contributed by atoms with Gasteiger partial charge < -0.3 is 25.0 Å². The van der Waals surface area contributed by atoms with Gasteiger partial charge in [-0.15, -0.1) is 6.42 Å². The van der Waals surface area contributed by atoms with Crippen molar-refractivity contribution in [1.82, 2.24) is 15.5 Å². The van der Waals surface area contributed by atoms with E-state index in [2.05, 4.69) is 21.3 Å². The van der Waals surface area contributed by atoms with Crippen LogP contribution in [0.2, 0.25) is 0 Å². The Hall–Kier alpha value is -3.54. The maximum absolute atomic E-state index is 13.1. The van der Waals surface area contributed by atoms with Crippen LogP contribution < -0.4 is 10.6 Å². The number of ether oxygens (including phenoxy) is 2. The van der Waals surface area contributed by atoms with Crippen molar-refractivity contribution in [2.75, 3.05) is 20.2 Å². The normalized spacial score (nSPS) is 13.8. The van der Waals surface area contributed by atoms with E-state index >= 15 is 0 Å². The number of hydrogen-bond donors (Lipinski definition) is 2. The number of nitrogens with zero attached hydrogens (tertiary/aromatic N) is 1. The minimum atomic E-state index is -1.01. The summed E-state index contributed by atoms with van der Waals surface area (Å²) in [4.78, 5) is 51.1.